The maximum Gasteiger partial charge on any atom is 0.335 e. The first-order valence-electron chi connectivity index (χ1n) is 13.8. The smallest absolute Gasteiger partial charge is 0.335 e. The summed E-state index contributed by atoms with van der Waals surface area (Å²) >= 11 is 0. The zero-order chi connectivity index (χ0) is 28.1. The van der Waals surface area contributed by atoms with E-state index in [-0.39, 0.29) is 22.5 Å². The summed E-state index contributed by atoms with van der Waals surface area (Å²) in [6, 6.07) is 20.2. The zero-order valence-corrected chi connectivity index (χ0v) is 24.1. The molecule has 0 aliphatic carbocycles. The third kappa shape index (κ3) is 6.66. The van der Waals surface area contributed by atoms with Crippen LogP contribution in [0.3, 0.4) is 0 Å². The zero-order valence-electron chi connectivity index (χ0n) is 24.1. The third-order valence-electron chi connectivity index (χ3n) is 8.11. The molecule has 38 heavy (non-hydrogen) atoms. The van der Waals surface area contributed by atoms with Gasteiger partial charge in [0.05, 0.1) is 11.7 Å². The average molecular weight is 517 g/mol. The molecule has 0 aromatic heterocycles. The Hall–Kier alpha value is -3.11. The van der Waals surface area contributed by atoms with E-state index in [0.29, 0.717) is 6.61 Å². The lowest BCUT2D eigenvalue weighted by atomic mass is 9.69. The van der Waals surface area contributed by atoms with Crippen LogP contribution in [0.5, 0.6) is 5.75 Å². The van der Waals surface area contributed by atoms with Crippen molar-refractivity contribution in [3.05, 3.63) is 99.6 Å². The summed E-state index contributed by atoms with van der Waals surface area (Å²) in [6.45, 7) is 15.4. The van der Waals surface area contributed by atoms with Crippen LogP contribution in [-0.2, 0) is 18.4 Å². The number of aromatic carboxylic acids is 1. The number of hydrogen-bond donors (Lipinski definition) is 2. The number of benzene rings is 3. The van der Waals surface area contributed by atoms with Crippen LogP contribution in [0, 0.1) is 19.3 Å². The molecule has 4 nitrogen and oxygen atoms in total. The SMILES string of the molecule is CCC(CC)(c1ccc(CC[C@H](O)C(C)(C)C)c(C)c1)c1ccc(OCc2ccc(C(=O)O)cc2)c(C)c1. The van der Waals surface area contributed by atoms with Crippen molar-refractivity contribution in [2.75, 3.05) is 0 Å². The number of ether oxygens (including phenoxy) is 1. The van der Waals surface area contributed by atoms with E-state index in [1.165, 1.54) is 22.3 Å². The molecule has 0 saturated heterocycles. The number of carbonyl (C=O) groups is 1. The predicted molar refractivity (Wildman–Crippen MR) is 155 cm³/mol. The lowest BCUT2D eigenvalue weighted by Crippen LogP contribution is -2.27. The first-order valence-corrected chi connectivity index (χ1v) is 13.8. The van der Waals surface area contributed by atoms with Crippen molar-refractivity contribution in [2.45, 2.75) is 92.3 Å². The van der Waals surface area contributed by atoms with Gasteiger partial charge < -0.3 is 14.9 Å². The summed E-state index contributed by atoms with van der Waals surface area (Å²) < 4.78 is 6.10. The number of hydrogen-bond acceptors (Lipinski definition) is 3. The van der Waals surface area contributed by atoms with E-state index >= 15 is 0 Å². The van der Waals surface area contributed by atoms with Crippen LogP contribution in [0.25, 0.3) is 0 Å². The minimum atomic E-state index is -0.927. The van der Waals surface area contributed by atoms with Gasteiger partial charge in [-0.25, -0.2) is 4.79 Å². The molecule has 3 aromatic rings. The van der Waals surface area contributed by atoms with E-state index < -0.39 is 5.97 Å². The molecule has 1 atom stereocenters. The van der Waals surface area contributed by atoms with Crippen molar-refractivity contribution < 1.29 is 19.7 Å². The number of carboxylic acids is 1. The van der Waals surface area contributed by atoms with Gasteiger partial charge in [0.15, 0.2) is 0 Å². The molecule has 3 rings (SSSR count). The van der Waals surface area contributed by atoms with Crippen LogP contribution < -0.4 is 4.74 Å². The lowest BCUT2D eigenvalue weighted by molar-refractivity contribution is 0.0559. The fraction of sp³-hybridized carbons (Fsp3) is 0.441. The van der Waals surface area contributed by atoms with E-state index in [1.54, 1.807) is 24.3 Å². The summed E-state index contributed by atoms with van der Waals surface area (Å²) in [5.41, 5.74) is 7.28. The Bertz CT molecular complexity index is 1230. The van der Waals surface area contributed by atoms with Crippen LogP contribution in [-0.4, -0.2) is 22.3 Å². The van der Waals surface area contributed by atoms with Crippen molar-refractivity contribution in [1.29, 1.82) is 0 Å². The van der Waals surface area contributed by atoms with Crippen molar-refractivity contribution in [3.8, 4) is 5.75 Å². The molecule has 0 spiro atoms. The normalized spacial score (nSPS) is 12.8. The van der Waals surface area contributed by atoms with Crippen LogP contribution in [0.2, 0.25) is 0 Å². The summed E-state index contributed by atoms with van der Waals surface area (Å²) in [5, 5.41) is 19.6. The van der Waals surface area contributed by atoms with Gasteiger partial charge in [0, 0.05) is 5.41 Å². The molecule has 4 heteroatoms. The molecule has 0 bridgehead atoms. The average Bonchev–Trinajstić information content (AvgIpc) is 2.88. The van der Waals surface area contributed by atoms with Crippen LogP contribution in [0.4, 0.5) is 0 Å². The highest BCUT2D eigenvalue weighted by molar-refractivity contribution is 5.87. The fourth-order valence-corrected chi connectivity index (χ4v) is 5.25. The maximum absolute atomic E-state index is 11.1. The highest BCUT2D eigenvalue weighted by atomic mass is 16.5. The second-order valence-corrected chi connectivity index (χ2v) is 11.6. The Morgan fingerprint density at radius 2 is 1.45 bits per heavy atom. The van der Waals surface area contributed by atoms with Crippen LogP contribution in [0.15, 0.2) is 60.7 Å². The van der Waals surface area contributed by atoms with Crippen LogP contribution >= 0.6 is 0 Å². The topological polar surface area (TPSA) is 66.8 Å². The van der Waals surface area contributed by atoms with Gasteiger partial charge in [-0.2, -0.15) is 0 Å². The molecule has 0 amide bonds. The Labute approximate surface area is 228 Å². The summed E-state index contributed by atoms with van der Waals surface area (Å²) in [4.78, 5) is 11.1. The lowest BCUT2D eigenvalue weighted by Gasteiger charge is -2.34. The molecule has 204 valence electrons. The minimum absolute atomic E-state index is 0.0931. The van der Waals surface area contributed by atoms with Crippen molar-refractivity contribution >= 4 is 5.97 Å². The molecule has 0 radical (unpaired) electrons. The largest absolute Gasteiger partial charge is 0.489 e. The number of carboxylic acid groups (broad SMARTS) is 1. The molecule has 0 aliphatic rings. The van der Waals surface area contributed by atoms with Crippen molar-refractivity contribution in [2.24, 2.45) is 5.41 Å². The van der Waals surface area contributed by atoms with E-state index in [0.717, 1.165) is 42.6 Å². The van der Waals surface area contributed by atoms with Crippen LogP contribution in [0.1, 0.15) is 97.6 Å². The summed E-state index contributed by atoms with van der Waals surface area (Å²) in [5.74, 6) is -0.0931. The number of aliphatic hydroxyl groups is 1. The molecule has 3 aromatic carbocycles. The van der Waals surface area contributed by atoms with Gasteiger partial charge in [-0.05, 0) is 96.5 Å². The molecule has 0 aliphatic heterocycles. The maximum atomic E-state index is 11.1. The van der Waals surface area contributed by atoms with E-state index in [9.17, 15) is 9.90 Å². The van der Waals surface area contributed by atoms with E-state index in [1.807, 2.05) is 0 Å². The fourth-order valence-electron chi connectivity index (χ4n) is 5.25. The molecule has 2 N–H and O–H groups in total. The Morgan fingerprint density at radius 1 is 0.868 bits per heavy atom. The molecule has 0 unspecified atom stereocenters. The number of rotatable bonds is 11. The van der Waals surface area contributed by atoms with Crippen molar-refractivity contribution in [3.63, 3.8) is 0 Å². The predicted octanol–water partition coefficient (Wildman–Crippen LogP) is 8.03. The molecule has 0 heterocycles. The standard InChI is InChI=1S/C34H44O4/c1-8-34(9-2,28-16-14-26(23(3)20-28)15-19-31(35)33(5,6)7)29-17-18-30(24(4)21-29)38-22-25-10-12-27(13-11-25)32(36)37/h10-14,16-18,20-21,31,35H,8-9,15,19,22H2,1-7H3,(H,36,37)/t31-/m0/s1. The van der Waals surface area contributed by atoms with Gasteiger partial charge in [-0.15, -0.1) is 0 Å². The number of aliphatic hydroxyl groups excluding tert-OH is 1. The second-order valence-electron chi connectivity index (χ2n) is 11.6. The first kappa shape index (κ1) is 29.4. The number of aryl methyl sites for hydroxylation is 3. The van der Waals surface area contributed by atoms with Gasteiger partial charge in [0.25, 0.3) is 0 Å². The van der Waals surface area contributed by atoms with Gasteiger partial charge in [0.2, 0.25) is 0 Å². The van der Waals surface area contributed by atoms with Crippen molar-refractivity contribution in [1.82, 2.24) is 0 Å². The molecular formula is C34H44O4. The Morgan fingerprint density at radius 3 is 1.95 bits per heavy atom. The second kappa shape index (κ2) is 12.2. The van der Waals surface area contributed by atoms with Gasteiger partial charge in [-0.1, -0.05) is 77.1 Å². The molecule has 0 fully saturated rings. The van der Waals surface area contributed by atoms with Gasteiger partial charge in [-0.3, -0.25) is 0 Å². The third-order valence-corrected chi connectivity index (χ3v) is 8.11. The van der Waals surface area contributed by atoms with Gasteiger partial charge in [0.1, 0.15) is 12.4 Å². The summed E-state index contributed by atoms with van der Waals surface area (Å²) in [7, 11) is 0. The quantitative estimate of drug-likeness (QED) is 0.271. The highest BCUT2D eigenvalue weighted by Crippen LogP contribution is 2.41. The molecule has 0 saturated carbocycles. The Balaban J connectivity index is 1.80. The minimum Gasteiger partial charge on any atom is -0.489 e. The first-order chi connectivity index (χ1) is 17.9. The molecular weight excluding hydrogens is 472 g/mol. The van der Waals surface area contributed by atoms with Gasteiger partial charge >= 0.3 is 5.97 Å². The van der Waals surface area contributed by atoms with E-state index in [4.69, 9.17) is 9.84 Å². The van der Waals surface area contributed by atoms with E-state index in [2.05, 4.69) is 84.9 Å². The summed E-state index contributed by atoms with van der Waals surface area (Å²) in [6.07, 6.45) is 3.29. The monoisotopic (exact) mass is 516 g/mol. The Kier molecular flexibility index (Phi) is 9.43. The highest BCUT2D eigenvalue weighted by Gasteiger charge is 2.31.